The molecule has 0 bridgehead atoms. The monoisotopic (exact) mass is 420 g/mol. The van der Waals surface area contributed by atoms with Gasteiger partial charge in [-0.3, -0.25) is 14.5 Å². The molecule has 7 nitrogen and oxygen atoms in total. The highest BCUT2D eigenvalue weighted by Gasteiger charge is 2.49. The molecule has 1 aromatic heterocycles. The number of nitrogens with one attached hydrogen (secondary N) is 2. The summed E-state index contributed by atoms with van der Waals surface area (Å²) < 4.78 is 0. The molecule has 1 saturated heterocycles. The number of carbonyl (C=O) groups excluding carboxylic acids is 3. The van der Waals surface area contributed by atoms with Gasteiger partial charge in [0.1, 0.15) is 12.1 Å². The molecule has 30 heavy (non-hydrogen) atoms. The van der Waals surface area contributed by atoms with Crippen molar-refractivity contribution < 1.29 is 14.4 Å². The number of hydrogen-bond donors (Lipinski definition) is 2. The van der Waals surface area contributed by atoms with Crippen LogP contribution in [0.25, 0.3) is 11.3 Å². The van der Waals surface area contributed by atoms with E-state index in [2.05, 4.69) is 15.6 Å². The van der Waals surface area contributed by atoms with E-state index in [0.29, 0.717) is 11.3 Å². The molecule has 1 aliphatic rings. The second-order valence-electron chi connectivity index (χ2n) is 7.19. The normalized spacial score (nSPS) is 18.4. The van der Waals surface area contributed by atoms with Crippen LogP contribution in [0.3, 0.4) is 0 Å². The fourth-order valence-electron chi connectivity index (χ4n) is 3.37. The maximum Gasteiger partial charge on any atom is 0.325 e. The molecule has 2 aromatic carbocycles. The van der Waals surface area contributed by atoms with Gasteiger partial charge in [0.15, 0.2) is 0 Å². The average Bonchev–Trinajstić information content (AvgIpc) is 3.26. The van der Waals surface area contributed by atoms with Gasteiger partial charge in [-0.2, -0.15) is 0 Å². The molecule has 4 rings (SSSR count). The van der Waals surface area contributed by atoms with E-state index in [-0.39, 0.29) is 6.54 Å². The van der Waals surface area contributed by atoms with Crippen molar-refractivity contribution in [2.45, 2.75) is 19.4 Å². The molecule has 0 radical (unpaired) electrons. The summed E-state index contributed by atoms with van der Waals surface area (Å²) in [6.45, 7) is 3.22. The number of amides is 4. The second-order valence-corrected chi connectivity index (χ2v) is 8.25. The predicted molar refractivity (Wildman–Crippen MR) is 115 cm³/mol. The van der Waals surface area contributed by atoms with Crippen LogP contribution in [0.1, 0.15) is 17.5 Å². The quantitative estimate of drug-likeness (QED) is 0.618. The van der Waals surface area contributed by atoms with Crippen molar-refractivity contribution in [1.29, 1.82) is 0 Å². The van der Waals surface area contributed by atoms with E-state index in [0.717, 1.165) is 21.2 Å². The van der Waals surface area contributed by atoms with Crippen LogP contribution in [0, 0.1) is 6.92 Å². The standard InChI is InChI=1S/C22H20N4O3S/c1-14-23-18(13-30-14)15-8-10-17(11-9-15)24-19(27)12-26-20(28)22(2,25-21(26)29)16-6-4-3-5-7-16/h3-11,13H,12H2,1-2H3,(H,24,27)(H,25,29). The molecule has 1 unspecified atom stereocenters. The first-order valence-corrected chi connectivity index (χ1v) is 10.3. The first-order chi connectivity index (χ1) is 14.4. The third kappa shape index (κ3) is 3.69. The van der Waals surface area contributed by atoms with Crippen molar-refractivity contribution in [2.24, 2.45) is 0 Å². The summed E-state index contributed by atoms with van der Waals surface area (Å²) in [6.07, 6.45) is 0. The third-order valence-electron chi connectivity index (χ3n) is 5.01. The number of imide groups is 1. The van der Waals surface area contributed by atoms with E-state index in [9.17, 15) is 14.4 Å². The molecule has 3 aromatic rings. The number of aryl methyl sites for hydroxylation is 1. The van der Waals surface area contributed by atoms with Crippen LogP contribution in [-0.2, 0) is 15.1 Å². The Bertz CT molecular complexity index is 1110. The van der Waals surface area contributed by atoms with Crippen molar-refractivity contribution >= 4 is 34.9 Å². The molecule has 1 aliphatic heterocycles. The second kappa shape index (κ2) is 7.72. The van der Waals surface area contributed by atoms with E-state index in [1.54, 1.807) is 54.7 Å². The van der Waals surface area contributed by atoms with Gasteiger partial charge in [-0.1, -0.05) is 42.5 Å². The minimum Gasteiger partial charge on any atom is -0.325 e. The highest BCUT2D eigenvalue weighted by molar-refractivity contribution is 7.09. The largest absolute Gasteiger partial charge is 0.325 e. The first kappa shape index (κ1) is 19.8. The van der Waals surface area contributed by atoms with Crippen LogP contribution in [0.5, 0.6) is 0 Å². The van der Waals surface area contributed by atoms with Crippen molar-refractivity contribution in [3.05, 3.63) is 70.5 Å². The van der Waals surface area contributed by atoms with Gasteiger partial charge in [-0.05, 0) is 31.5 Å². The summed E-state index contributed by atoms with van der Waals surface area (Å²) in [5.74, 6) is -0.906. The van der Waals surface area contributed by atoms with Gasteiger partial charge in [0.05, 0.1) is 10.7 Å². The zero-order chi connectivity index (χ0) is 21.3. The van der Waals surface area contributed by atoms with E-state index >= 15 is 0 Å². The van der Waals surface area contributed by atoms with E-state index in [1.165, 1.54) is 0 Å². The summed E-state index contributed by atoms with van der Waals surface area (Å²) in [5, 5.41) is 8.39. The molecule has 1 atom stereocenters. The number of thiazole rings is 1. The summed E-state index contributed by atoms with van der Waals surface area (Å²) in [5.41, 5.74) is 1.89. The molecule has 2 heterocycles. The number of hydrogen-bond acceptors (Lipinski definition) is 5. The van der Waals surface area contributed by atoms with Crippen LogP contribution in [-0.4, -0.2) is 34.3 Å². The van der Waals surface area contributed by atoms with Crippen molar-refractivity contribution in [1.82, 2.24) is 15.2 Å². The van der Waals surface area contributed by atoms with E-state index < -0.39 is 23.4 Å². The minimum absolute atomic E-state index is 0.361. The molecule has 0 saturated carbocycles. The summed E-state index contributed by atoms with van der Waals surface area (Å²) in [6, 6.07) is 15.6. The van der Waals surface area contributed by atoms with Crippen LogP contribution < -0.4 is 10.6 Å². The molecule has 1 fully saturated rings. The van der Waals surface area contributed by atoms with Crippen LogP contribution >= 0.6 is 11.3 Å². The van der Waals surface area contributed by atoms with Gasteiger partial charge >= 0.3 is 6.03 Å². The Morgan fingerprint density at radius 1 is 1.13 bits per heavy atom. The summed E-state index contributed by atoms with van der Waals surface area (Å²) in [4.78, 5) is 43.1. The number of rotatable bonds is 5. The van der Waals surface area contributed by atoms with Gasteiger partial charge in [-0.15, -0.1) is 11.3 Å². The Hall–Kier alpha value is -3.52. The maximum absolute atomic E-state index is 12.9. The highest BCUT2D eigenvalue weighted by Crippen LogP contribution is 2.28. The Morgan fingerprint density at radius 3 is 2.47 bits per heavy atom. The molecule has 8 heteroatoms. The Kier molecular flexibility index (Phi) is 5.09. The molecule has 152 valence electrons. The zero-order valence-corrected chi connectivity index (χ0v) is 17.3. The van der Waals surface area contributed by atoms with Gasteiger partial charge < -0.3 is 10.6 Å². The fourth-order valence-corrected chi connectivity index (χ4v) is 3.99. The summed E-state index contributed by atoms with van der Waals surface area (Å²) >= 11 is 1.57. The minimum atomic E-state index is -1.19. The van der Waals surface area contributed by atoms with Crippen LogP contribution in [0.15, 0.2) is 60.0 Å². The van der Waals surface area contributed by atoms with E-state index in [4.69, 9.17) is 0 Å². The molecule has 0 spiro atoms. The van der Waals surface area contributed by atoms with Gasteiger partial charge in [0.25, 0.3) is 5.91 Å². The molecular weight excluding hydrogens is 400 g/mol. The predicted octanol–water partition coefficient (Wildman–Crippen LogP) is 3.52. The molecule has 4 amide bonds. The Labute approximate surface area is 177 Å². The van der Waals surface area contributed by atoms with E-state index in [1.807, 2.05) is 30.5 Å². The lowest BCUT2D eigenvalue weighted by molar-refractivity contribution is -0.133. The van der Waals surface area contributed by atoms with Crippen molar-refractivity contribution in [3.63, 3.8) is 0 Å². The van der Waals surface area contributed by atoms with Crippen LogP contribution in [0.2, 0.25) is 0 Å². The SMILES string of the molecule is Cc1nc(-c2ccc(NC(=O)CN3C(=O)NC(C)(c4ccccc4)C3=O)cc2)cs1. The lowest BCUT2D eigenvalue weighted by Gasteiger charge is -2.22. The first-order valence-electron chi connectivity index (χ1n) is 9.39. The number of urea groups is 1. The van der Waals surface area contributed by atoms with Crippen molar-refractivity contribution in [2.75, 3.05) is 11.9 Å². The number of anilines is 1. The van der Waals surface area contributed by atoms with Crippen LogP contribution in [0.4, 0.5) is 10.5 Å². The Balaban J connectivity index is 1.43. The van der Waals surface area contributed by atoms with Gasteiger partial charge in [0.2, 0.25) is 5.91 Å². The molecular formula is C22H20N4O3S. The number of carbonyl (C=O) groups is 3. The number of nitrogens with zero attached hydrogens (tertiary/aromatic N) is 2. The smallest absolute Gasteiger partial charge is 0.325 e. The molecule has 0 aliphatic carbocycles. The summed E-state index contributed by atoms with van der Waals surface area (Å²) in [7, 11) is 0. The number of benzene rings is 2. The maximum atomic E-state index is 12.9. The third-order valence-corrected chi connectivity index (χ3v) is 5.78. The highest BCUT2D eigenvalue weighted by atomic mass is 32.1. The van der Waals surface area contributed by atoms with Crippen molar-refractivity contribution in [3.8, 4) is 11.3 Å². The fraction of sp³-hybridized carbons (Fsp3) is 0.182. The lowest BCUT2D eigenvalue weighted by Crippen LogP contribution is -2.42. The van der Waals surface area contributed by atoms with Gasteiger partial charge in [0, 0.05) is 16.6 Å². The average molecular weight is 420 g/mol. The lowest BCUT2D eigenvalue weighted by atomic mass is 9.92. The van der Waals surface area contributed by atoms with Gasteiger partial charge in [-0.25, -0.2) is 9.78 Å². The number of aromatic nitrogens is 1. The zero-order valence-electron chi connectivity index (χ0n) is 16.5. The molecule has 2 N–H and O–H groups in total. The topological polar surface area (TPSA) is 91.4 Å². The Morgan fingerprint density at radius 2 is 1.83 bits per heavy atom.